The van der Waals surface area contributed by atoms with Gasteiger partial charge in [-0.15, -0.1) is 5.10 Å². The number of hydrogen-bond acceptors (Lipinski definition) is 3. The first-order valence-corrected chi connectivity index (χ1v) is 6.40. The lowest BCUT2D eigenvalue weighted by Crippen LogP contribution is -2.00. The molecule has 0 N–H and O–H groups in total. The van der Waals surface area contributed by atoms with Crippen molar-refractivity contribution in [2.75, 3.05) is 0 Å². The lowest BCUT2D eigenvalue weighted by atomic mass is 10.1. The van der Waals surface area contributed by atoms with E-state index in [1.54, 1.807) is 10.7 Å². The minimum atomic E-state index is 0.266. The Hall–Kier alpha value is -2.46. The van der Waals surface area contributed by atoms with Gasteiger partial charge in [0.15, 0.2) is 12.0 Å². The van der Waals surface area contributed by atoms with E-state index in [2.05, 4.69) is 10.3 Å². The summed E-state index contributed by atoms with van der Waals surface area (Å²) in [6.45, 7) is 0. The van der Waals surface area contributed by atoms with E-state index in [9.17, 15) is 4.79 Å². The van der Waals surface area contributed by atoms with E-state index in [-0.39, 0.29) is 5.69 Å². The lowest BCUT2D eigenvalue weighted by Gasteiger charge is -2.08. The summed E-state index contributed by atoms with van der Waals surface area (Å²) in [5.74, 6) is 0. The molecule has 1 heterocycles. The summed E-state index contributed by atoms with van der Waals surface area (Å²) in [5.41, 5.74) is 2.41. The van der Waals surface area contributed by atoms with Crippen molar-refractivity contribution in [3.05, 3.63) is 65.3 Å². The molecule has 0 saturated heterocycles. The molecule has 5 heteroatoms. The lowest BCUT2D eigenvalue weighted by molar-refractivity contribution is 0.111. The van der Waals surface area contributed by atoms with Gasteiger partial charge in [-0.05, 0) is 18.2 Å². The van der Waals surface area contributed by atoms with Gasteiger partial charge in [0.05, 0.1) is 10.7 Å². The van der Waals surface area contributed by atoms with Crippen molar-refractivity contribution in [2.24, 2.45) is 0 Å². The molecule has 3 rings (SSSR count). The Labute approximate surface area is 120 Å². The van der Waals surface area contributed by atoms with E-state index >= 15 is 0 Å². The van der Waals surface area contributed by atoms with Crippen molar-refractivity contribution in [2.45, 2.75) is 0 Å². The zero-order valence-electron chi connectivity index (χ0n) is 10.4. The van der Waals surface area contributed by atoms with E-state index in [1.807, 2.05) is 48.5 Å². The van der Waals surface area contributed by atoms with Gasteiger partial charge in [-0.3, -0.25) is 4.79 Å². The van der Waals surface area contributed by atoms with Gasteiger partial charge < -0.3 is 0 Å². The number of hydrogen-bond donors (Lipinski definition) is 0. The maximum atomic E-state index is 11.2. The van der Waals surface area contributed by atoms with Crippen LogP contribution in [0.15, 0.2) is 54.6 Å². The summed E-state index contributed by atoms with van der Waals surface area (Å²) in [6, 6.07) is 16.8. The number of carbonyl (C=O) groups is 1. The summed E-state index contributed by atoms with van der Waals surface area (Å²) in [6.07, 6.45) is 0.686. The second-order valence-corrected chi connectivity index (χ2v) is 4.58. The summed E-state index contributed by atoms with van der Waals surface area (Å²) < 4.78 is 1.62. The zero-order valence-corrected chi connectivity index (χ0v) is 11.2. The highest BCUT2D eigenvalue weighted by Crippen LogP contribution is 2.30. The topological polar surface area (TPSA) is 47.8 Å². The van der Waals surface area contributed by atoms with Crippen LogP contribution in [0, 0.1) is 0 Å². The van der Waals surface area contributed by atoms with Crippen molar-refractivity contribution in [1.29, 1.82) is 0 Å². The number of halogens is 1. The quantitative estimate of drug-likeness (QED) is 0.692. The van der Waals surface area contributed by atoms with Crippen molar-refractivity contribution < 1.29 is 4.79 Å². The number of carbonyl (C=O) groups excluding carboxylic acids is 1. The van der Waals surface area contributed by atoms with Gasteiger partial charge in [-0.2, -0.15) is 0 Å². The first-order chi connectivity index (χ1) is 9.81. The van der Waals surface area contributed by atoms with Crippen LogP contribution in [0.4, 0.5) is 0 Å². The van der Waals surface area contributed by atoms with Gasteiger partial charge in [0.2, 0.25) is 0 Å². The Bertz CT molecular complexity index is 753. The predicted octanol–water partition coefficient (Wildman–Crippen LogP) is 3.40. The van der Waals surface area contributed by atoms with Crippen molar-refractivity contribution in [3.63, 3.8) is 0 Å². The fourth-order valence-corrected chi connectivity index (χ4v) is 2.25. The third kappa shape index (κ3) is 2.10. The molecule has 0 saturated carbocycles. The molecule has 0 aliphatic heterocycles. The molecule has 0 unspecified atom stereocenters. The average Bonchev–Trinajstić information content (AvgIpc) is 2.92. The molecule has 3 aromatic rings. The molecule has 0 fully saturated rings. The molecule has 0 spiro atoms. The van der Waals surface area contributed by atoms with Gasteiger partial charge in [-0.25, -0.2) is 4.68 Å². The Morgan fingerprint density at radius 3 is 2.40 bits per heavy atom. The summed E-state index contributed by atoms with van der Waals surface area (Å²) in [5, 5.41) is 8.52. The Morgan fingerprint density at radius 1 is 1.00 bits per heavy atom. The van der Waals surface area contributed by atoms with Crippen molar-refractivity contribution in [3.8, 4) is 16.9 Å². The van der Waals surface area contributed by atoms with Gasteiger partial charge in [-0.1, -0.05) is 53.2 Å². The second-order valence-electron chi connectivity index (χ2n) is 4.17. The van der Waals surface area contributed by atoms with E-state index < -0.39 is 0 Å². The third-order valence-corrected chi connectivity index (χ3v) is 3.27. The molecule has 0 bridgehead atoms. The smallest absolute Gasteiger partial charge is 0.172 e. The van der Waals surface area contributed by atoms with E-state index in [0.29, 0.717) is 17.0 Å². The van der Waals surface area contributed by atoms with Crippen LogP contribution in [0.2, 0.25) is 5.02 Å². The fraction of sp³-hybridized carbons (Fsp3) is 0. The number of aldehydes is 1. The summed E-state index contributed by atoms with van der Waals surface area (Å²) in [4.78, 5) is 11.2. The van der Waals surface area contributed by atoms with Gasteiger partial charge in [0.25, 0.3) is 0 Å². The summed E-state index contributed by atoms with van der Waals surface area (Å²) >= 11 is 6.22. The number of nitrogens with zero attached hydrogens (tertiary/aromatic N) is 3. The van der Waals surface area contributed by atoms with Crippen LogP contribution in [0.5, 0.6) is 0 Å². The van der Waals surface area contributed by atoms with Crippen LogP contribution < -0.4 is 0 Å². The Morgan fingerprint density at radius 2 is 1.70 bits per heavy atom. The minimum Gasteiger partial charge on any atom is -0.296 e. The Kier molecular flexibility index (Phi) is 3.31. The standard InChI is InChI=1S/C15H10ClN3O/c16-13-9-5-4-8-12(13)15-14(10-20)17-18-19(15)11-6-2-1-3-7-11/h1-10H. The molecule has 4 nitrogen and oxygen atoms in total. The highest BCUT2D eigenvalue weighted by molar-refractivity contribution is 6.33. The average molecular weight is 284 g/mol. The van der Waals surface area contributed by atoms with Gasteiger partial charge in [0, 0.05) is 5.56 Å². The molecule has 20 heavy (non-hydrogen) atoms. The largest absolute Gasteiger partial charge is 0.296 e. The second kappa shape index (κ2) is 5.27. The maximum Gasteiger partial charge on any atom is 0.172 e. The maximum absolute atomic E-state index is 11.2. The van der Waals surface area contributed by atoms with Crippen LogP contribution in [-0.4, -0.2) is 21.3 Å². The molecule has 1 aromatic heterocycles. The molecule has 98 valence electrons. The van der Waals surface area contributed by atoms with Gasteiger partial charge in [0.1, 0.15) is 5.69 Å². The highest BCUT2D eigenvalue weighted by Gasteiger charge is 2.17. The van der Waals surface area contributed by atoms with E-state index in [4.69, 9.17) is 11.6 Å². The zero-order chi connectivity index (χ0) is 13.9. The van der Waals surface area contributed by atoms with E-state index in [0.717, 1.165) is 11.3 Å². The number of aromatic nitrogens is 3. The molecule has 2 aromatic carbocycles. The van der Waals surface area contributed by atoms with E-state index in [1.165, 1.54) is 0 Å². The number of para-hydroxylation sites is 1. The van der Waals surface area contributed by atoms with Crippen molar-refractivity contribution in [1.82, 2.24) is 15.0 Å². The van der Waals surface area contributed by atoms with Crippen LogP contribution in [0.1, 0.15) is 10.5 Å². The van der Waals surface area contributed by atoms with Crippen molar-refractivity contribution >= 4 is 17.9 Å². The fourth-order valence-electron chi connectivity index (χ4n) is 2.03. The van der Waals surface area contributed by atoms with Gasteiger partial charge >= 0.3 is 0 Å². The van der Waals surface area contributed by atoms with Crippen LogP contribution in [0.3, 0.4) is 0 Å². The number of rotatable bonds is 3. The van der Waals surface area contributed by atoms with Crippen LogP contribution in [0.25, 0.3) is 16.9 Å². The van der Waals surface area contributed by atoms with Crippen LogP contribution in [-0.2, 0) is 0 Å². The highest BCUT2D eigenvalue weighted by atomic mass is 35.5. The molecular formula is C15H10ClN3O. The molecule has 0 atom stereocenters. The SMILES string of the molecule is O=Cc1nnn(-c2ccccc2)c1-c1ccccc1Cl. The predicted molar refractivity (Wildman–Crippen MR) is 77.2 cm³/mol. The monoisotopic (exact) mass is 283 g/mol. The van der Waals surface area contributed by atoms with Crippen LogP contribution >= 0.6 is 11.6 Å². The number of benzene rings is 2. The molecule has 0 aliphatic carbocycles. The first kappa shape index (κ1) is 12.6. The summed E-state index contributed by atoms with van der Waals surface area (Å²) in [7, 11) is 0. The first-order valence-electron chi connectivity index (χ1n) is 6.02. The minimum absolute atomic E-state index is 0.266. The molecular weight excluding hydrogens is 274 g/mol. The Balaban J connectivity index is 2.27. The molecule has 0 aliphatic rings. The normalized spacial score (nSPS) is 10.4. The molecule has 0 amide bonds. The molecule has 0 radical (unpaired) electrons. The third-order valence-electron chi connectivity index (χ3n) is 2.94.